The van der Waals surface area contributed by atoms with Gasteiger partial charge in [0.1, 0.15) is 0 Å². The normalized spacial score (nSPS) is 20.3. The van der Waals surface area contributed by atoms with Crippen molar-refractivity contribution in [3.63, 3.8) is 0 Å². The average Bonchev–Trinajstić information content (AvgIpc) is 2.81. The Morgan fingerprint density at radius 2 is 2.19 bits per heavy atom. The maximum absolute atomic E-state index is 12.7. The summed E-state index contributed by atoms with van der Waals surface area (Å²) in [6.07, 6.45) is 2.48. The van der Waals surface area contributed by atoms with Gasteiger partial charge in [-0.05, 0) is 19.0 Å². The first-order chi connectivity index (χ1) is 9.85. The van der Waals surface area contributed by atoms with Crippen LogP contribution in [0.4, 0.5) is 0 Å². The fraction of sp³-hybridized carbons (Fsp3) is 0.714. The molecular weight excluding hydrogens is 306 g/mol. The van der Waals surface area contributed by atoms with Gasteiger partial charge < -0.3 is 10.3 Å². The highest BCUT2D eigenvalue weighted by atomic mass is 32.2. The van der Waals surface area contributed by atoms with Gasteiger partial charge in [-0.3, -0.25) is 0 Å². The SMILES string of the molecule is CCNCc1cc(S(=O)(=O)N2CCSC(C)(C)CC2)c[nH]1. The summed E-state index contributed by atoms with van der Waals surface area (Å²) in [7, 11) is -3.38. The minimum atomic E-state index is -3.38. The molecule has 21 heavy (non-hydrogen) atoms. The zero-order chi connectivity index (χ0) is 15.5. The molecule has 1 aliphatic heterocycles. The molecule has 0 spiro atoms. The number of rotatable bonds is 5. The predicted molar refractivity (Wildman–Crippen MR) is 88.1 cm³/mol. The number of nitrogens with one attached hydrogen (secondary N) is 2. The fourth-order valence-electron chi connectivity index (χ4n) is 2.32. The van der Waals surface area contributed by atoms with E-state index in [0.717, 1.165) is 24.4 Å². The van der Waals surface area contributed by atoms with Gasteiger partial charge in [0.25, 0.3) is 0 Å². The Kier molecular flexibility index (Phi) is 5.40. The van der Waals surface area contributed by atoms with Gasteiger partial charge in [-0.2, -0.15) is 16.1 Å². The molecule has 2 rings (SSSR count). The highest BCUT2D eigenvalue weighted by Gasteiger charge is 2.31. The number of hydrogen-bond acceptors (Lipinski definition) is 4. The van der Waals surface area contributed by atoms with E-state index < -0.39 is 10.0 Å². The third-order valence-electron chi connectivity index (χ3n) is 3.72. The average molecular weight is 332 g/mol. The predicted octanol–water partition coefficient (Wildman–Crippen LogP) is 2.03. The molecule has 0 aromatic carbocycles. The van der Waals surface area contributed by atoms with E-state index in [1.54, 1.807) is 16.6 Å². The molecule has 0 saturated carbocycles. The highest BCUT2D eigenvalue weighted by Crippen LogP contribution is 2.32. The van der Waals surface area contributed by atoms with Crippen molar-refractivity contribution in [3.05, 3.63) is 18.0 Å². The molecule has 1 saturated heterocycles. The molecule has 0 atom stereocenters. The molecule has 1 aromatic rings. The summed E-state index contributed by atoms with van der Waals surface area (Å²) >= 11 is 1.85. The number of aromatic amines is 1. The van der Waals surface area contributed by atoms with Gasteiger partial charge in [-0.1, -0.05) is 20.8 Å². The van der Waals surface area contributed by atoms with E-state index in [9.17, 15) is 8.42 Å². The van der Waals surface area contributed by atoms with Gasteiger partial charge in [0.2, 0.25) is 10.0 Å². The van der Waals surface area contributed by atoms with E-state index in [0.29, 0.717) is 24.5 Å². The Balaban J connectivity index is 2.12. The highest BCUT2D eigenvalue weighted by molar-refractivity contribution is 8.00. The summed E-state index contributed by atoms with van der Waals surface area (Å²) in [6.45, 7) is 9.09. The van der Waals surface area contributed by atoms with Crippen LogP contribution in [-0.2, 0) is 16.6 Å². The second-order valence-electron chi connectivity index (χ2n) is 5.90. The van der Waals surface area contributed by atoms with Crippen LogP contribution in [-0.4, -0.2) is 47.8 Å². The van der Waals surface area contributed by atoms with Gasteiger partial charge in [-0.25, -0.2) is 8.42 Å². The fourth-order valence-corrected chi connectivity index (χ4v) is 5.00. The van der Waals surface area contributed by atoms with Crippen molar-refractivity contribution in [2.75, 3.05) is 25.4 Å². The smallest absolute Gasteiger partial charge is 0.244 e. The molecule has 7 heteroatoms. The molecule has 5 nitrogen and oxygen atoms in total. The lowest BCUT2D eigenvalue weighted by molar-refractivity contribution is 0.415. The molecule has 0 radical (unpaired) electrons. The Morgan fingerprint density at radius 1 is 1.43 bits per heavy atom. The summed E-state index contributed by atoms with van der Waals surface area (Å²) in [5.41, 5.74) is 0.903. The van der Waals surface area contributed by atoms with Crippen LogP contribution in [0.2, 0.25) is 0 Å². The molecule has 1 aliphatic rings. The maximum atomic E-state index is 12.7. The standard InChI is InChI=1S/C14H25N3O2S2/c1-4-15-10-12-9-13(11-16-12)21(18,19)17-6-5-14(2,3)20-8-7-17/h9,11,15-16H,4-8,10H2,1-3H3. The van der Waals surface area contributed by atoms with Crippen LogP contribution < -0.4 is 5.32 Å². The largest absolute Gasteiger partial charge is 0.363 e. The second kappa shape index (κ2) is 6.73. The van der Waals surface area contributed by atoms with Crippen LogP contribution in [0.5, 0.6) is 0 Å². The minimum absolute atomic E-state index is 0.151. The molecule has 0 aliphatic carbocycles. The lowest BCUT2D eigenvalue weighted by atomic mass is 10.1. The van der Waals surface area contributed by atoms with Crippen molar-refractivity contribution in [2.45, 2.75) is 43.4 Å². The molecule has 1 aromatic heterocycles. The van der Waals surface area contributed by atoms with Crippen LogP contribution in [0.1, 0.15) is 32.9 Å². The van der Waals surface area contributed by atoms with Crippen LogP contribution >= 0.6 is 11.8 Å². The van der Waals surface area contributed by atoms with Crippen molar-refractivity contribution in [1.82, 2.24) is 14.6 Å². The van der Waals surface area contributed by atoms with E-state index in [1.165, 1.54) is 0 Å². The molecule has 2 N–H and O–H groups in total. The number of thioether (sulfide) groups is 1. The first-order valence-electron chi connectivity index (χ1n) is 7.37. The van der Waals surface area contributed by atoms with Crippen LogP contribution in [0.25, 0.3) is 0 Å². The summed E-state index contributed by atoms with van der Waals surface area (Å²) in [5.74, 6) is 0.848. The monoisotopic (exact) mass is 331 g/mol. The molecule has 0 amide bonds. The zero-order valence-electron chi connectivity index (χ0n) is 13.0. The Hall–Kier alpha value is -0.500. The molecule has 2 heterocycles. The third-order valence-corrected chi connectivity index (χ3v) is 6.96. The molecule has 0 unspecified atom stereocenters. The Labute approximate surface area is 131 Å². The first-order valence-corrected chi connectivity index (χ1v) is 9.80. The van der Waals surface area contributed by atoms with Gasteiger partial charge in [0.05, 0.1) is 4.90 Å². The third kappa shape index (κ3) is 4.25. The van der Waals surface area contributed by atoms with Crippen molar-refractivity contribution in [1.29, 1.82) is 0 Å². The maximum Gasteiger partial charge on any atom is 0.244 e. The lowest BCUT2D eigenvalue weighted by Gasteiger charge is -2.22. The number of sulfonamides is 1. The number of aromatic nitrogens is 1. The van der Waals surface area contributed by atoms with Gasteiger partial charge in [0.15, 0.2) is 0 Å². The molecule has 0 bridgehead atoms. The van der Waals surface area contributed by atoms with E-state index in [4.69, 9.17) is 0 Å². The minimum Gasteiger partial charge on any atom is -0.363 e. The van der Waals surface area contributed by atoms with Crippen molar-refractivity contribution < 1.29 is 8.42 Å². The number of nitrogens with zero attached hydrogens (tertiary/aromatic N) is 1. The van der Waals surface area contributed by atoms with Crippen molar-refractivity contribution >= 4 is 21.8 Å². The first kappa shape index (κ1) is 16.9. The van der Waals surface area contributed by atoms with Gasteiger partial charge in [-0.15, -0.1) is 0 Å². The topological polar surface area (TPSA) is 65.2 Å². The number of hydrogen-bond donors (Lipinski definition) is 2. The summed E-state index contributed by atoms with van der Waals surface area (Å²) < 4.78 is 27.2. The van der Waals surface area contributed by atoms with Crippen molar-refractivity contribution in [3.8, 4) is 0 Å². The molecule has 1 fully saturated rings. The van der Waals surface area contributed by atoms with Gasteiger partial charge in [0, 0.05) is 42.0 Å². The summed E-state index contributed by atoms with van der Waals surface area (Å²) in [6, 6.07) is 1.74. The Morgan fingerprint density at radius 3 is 2.90 bits per heavy atom. The van der Waals surface area contributed by atoms with Crippen LogP contribution in [0.3, 0.4) is 0 Å². The molecular formula is C14H25N3O2S2. The summed E-state index contributed by atoms with van der Waals surface area (Å²) in [4.78, 5) is 3.42. The Bertz CT molecular complexity index is 567. The van der Waals surface area contributed by atoms with E-state index >= 15 is 0 Å². The quantitative estimate of drug-likeness (QED) is 0.866. The van der Waals surface area contributed by atoms with Crippen LogP contribution in [0.15, 0.2) is 17.2 Å². The van der Waals surface area contributed by atoms with E-state index in [1.807, 2.05) is 18.7 Å². The second-order valence-corrected chi connectivity index (χ2v) is 9.64. The zero-order valence-corrected chi connectivity index (χ0v) is 14.6. The van der Waals surface area contributed by atoms with Crippen molar-refractivity contribution in [2.24, 2.45) is 0 Å². The summed E-state index contributed by atoms with van der Waals surface area (Å²) in [5, 5.41) is 3.19. The lowest BCUT2D eigenvalue weighted by Crippen LogP contribution is -2.33. The molecule has 120 valence electrons. The number of H-pyrrole nitrogens is 1. The van der Waals surface area contributed by atoms with Gasteiger partial charge >= 0.3 is 0 Å². The van der Waals surface area contributed by atoms with E-state index in [2.05, 4.69) is 24.1 Å². The van der Waals surface area contributed by atoms with Crippen LogP contribution in [0, 0.1) is 0 Å². The van der Waals surface area contributed by atoms with E-state index in [-0.39, 0.29) is 4.75 Å².